The molecule has 0 aliphatic carbocycles. The number of carbonyl (C=O) groups is 1. The summed E-state index contributed by atoms with van der Waals surface area (Å²) < 4.78 is 0. The van der Waals surface area contributed by atoms with Gasteiger partial charge in [0.1, 0.15) is 22.0 Å². The van der Waals surface area contributed by atoms with Crippen molar-refractivity contribution in [3.05, 3.63) is 65.9 Å². The first kappa shape index (κ1) is 22.2. The van der Waals surface area contributed by atoms with E-state index in [1.807, 2.05) is 36.2 Å². The molecule has 4 heterocycles. The minimum absolute atomic E-state index is 0.0865. The van der Waals surface area contributed by atoms with Crippen LogP contribution in [0.1, 0.15) is 17.5 Å². The number of nitrogens with two attached hydrogens (primary N) is 1. The predicted molar refractivity (Wildman–Crippen MR) is 137 cm³/mol. The van der Waals surface area contributed by atoms with Crippen molar-refractivity contribution in [1.82, 2.24) is 19.9 Å². The van der Waals surface area contributed by atoms with Crippen LogP contribution in [-0.2, 0) is 11.2 Å². The Hall–Kier alpha value is -3.56. The number of hydrogen-bond acceptors (Lipinski definition) is 8. The molecule has 1 aliphatic rings. The maximum absolute atomic E-state index is 12.6. The van der Waals surface area contributed by atoms with E-state index in [2.05, 4.69) is 51.4 Å². The molecule has 0 spiro atoms. The molecule has 1 amide bonds. The fourth-order valence-electron chi connectivity index (χ4n) is 4.01. The molecular formula is C25H27N7OS. The van der Waals surface area contributed by atoms with Crippen LogP contribution in [0.4, 0.5) is 22.5 Å². The number of pyridine rings is 2. The summed E-state index contributed by atoms with van der Waals surface area (Å²) in [6, 6.07) is 16.2. The molecule has 3 N–H and O–H groups in total. The summed E-state index contributed by atoms with van der Waals surface area (Å²) >= 11 is 1.47. The molecular weight excluding hydrogens is 446 g/mol. The maximum Gasteiger partial charge on any atom is 0.227 e. The smallest absolute Gasteiger partial charge is 0.227 e. The summed E-state index contributed by atoms with van der Waals surface area (Å²) in [6.45, 7) is 3.44. The van der Waals surface area contributed by atoms with E-state index in [1.54, 1.807) is 6.20 Å². The number of amides is 1. The van der Waals surface area contributed by atoms with Gasteiger partial charge in [0, 0.05) is 38.1 Å². The van der Waals surface area contributed by atoms with Crippen LogP contribution in [0.25, 0.3) is 10.3 Å². The van der Waals surface area contributed by atoms with Gasteiger partial charge in [-0.05, 0) is 55.3 Å². The molecule has 5 rings (SSSR count). The highest BCUT2D eigenvalue weighted by Crippen LogP contribution is 2.30. The van der Waals surface area contributed by atoms with E-state index < -0.39 is 0 Å². The van der Waals surface area contributed by atoms with Crippen molar-refractivity contribution in [1.29, 1.82) is 0 Å². The first-order valence-electron chi connectivity index (χ1n) is 11.3. The molecule has 174 valence electrons. The lowest BCUT2D eigenvalue weighted by Gasteiger charge is -2.18. The van der Waals surface area contributed by atoms with Crippen LogP contribution in [0.2, 0.25) is 0 Å². The maximum atomic E-state index is 12.6. The van der Waals surface area contributed by atoms with Crippen molar-refractivity contribution >= 4 is 50.0 Å². The van der Waals surface area contributed by atoms with E-state index in [1.165, 1.54) is 16.9 Å². The lowest BCUT2D eigenvalue weighted by Crippen LogP contribution is -2.32. The minimum atomic E-state index is 0.0865. The molecule has 34 heavy (non-hydrogen) atoms. The van der Waals surface area contributed by atoms with E-state index in [0.29, 0.717) is 23.9 Å². The highest BCUT2D eigenvalue weighted by atomic mass is 32.1. The second-order valence-electron chi connectivity index (χ2n) is 8.65. The van der Waals surface area contributed by atoms with Crippen molar-refractivity contribution in [3.8, 4) is 0 Å². The number of fused-ring (bicyclic) bond motifs is 1. The number of anilines is 4. The van der Waals surface area contributed by atoms with Crippen molar-refractivity contribution in [2.24, 2.45) is 5.73 Å². The van der Waals surface area contributed by atoms with Gasteiger partial charge in [-0.1, -0.05) is 29.0 Å². The average molecular weight is 474 g/mol. The van der Waals surface area contributed by atoms with Gasteiger partial charge in [0.05, 0.1) is 6.42 Å². The van der Waals surface area contributed by atoms with Gasteiger partial charge in [0.2, 0.25) is 5.91 Å². The zero-order valence-corrected chi connectivity index (χ0v) is 20.0. The summed E-state index contributed by atoms with van der Waals surface area (Å²) in [7, 11) is 2.01. The first-order chi connectivity index (χ1) is 16.4. The third-order valence-electron chi connectivity index (χ3n) is 6.00. The number of aryl methyl sites for hydroxylation is 1. The summed E-state index contributed by atoms with van der Waals surface area (Å²) in [5, 5.41) is 3.98. The van der Waals surface area contributed by atoms with Gasteiger partial charge >= 0.3 is 0 Å². The molecule has 1 atom stereocenters. The fraction of sp³-hybridized carbons (Fsp3) is 0.280. The number of nitrogens with one attached hydrogen (secondary N) is 1. The topological polar surface area (TPSA) is 100 Å². The molecule has 0 bridgehead atoms. The lowest BCUT2D eigenvalue weighted by molar-refractivity contribution is -0.129. The fourth-order valence-corrected chi connectivity index (χ4v) is 4.85. The third-order valence-corrected chi connectivity index (χ3v) is 6.88. The summed E-state index contributed by atoms with van der Waals surface area (Å²) in [6.07, 6.45) is 2.91. The Bertz CT molecular complexity index is 1320. The predicted octanol–water partition coefficient (Wildman–Crippen LogP) is 4.01. The molecule has 1 aliphatic heterocycles. The monoisotopic (exact) mass is 473 g/mol. The van der Waals surface area contributed by atoms with E-state index in [9.17, 15) is 4.79 Å². The molecule has 0 saturated carbocycles. The molecule has 4 aromatic rings. The van der Waals surface area contributed by atoms with Gasteiger partial charge < -0.3 is 20.9 Å². The van der Waals surface area contributed by atoms with Gasteiger partial charge in [-0.15, -0.1) is 0 Å². The number of hydrogen-bond donors (Lipinski definition) is 2. The number of rotatable bonds is 6. The number of aromatic nitrogens is 3. The first-order valence-corrected chi connectivity index (χ1v) is 12.1. The van der Waals surface area contributed by atoms with Crippen molar-refractivity contribution in [2.45, 2.75) is 25.8 Å². The SMILES string of the molecule is Cc1ccc(N(C)c2ccc3nc(Nc4cc(CC(=O)N5CC[C@@H](N)C5)ccn4)sc3n2)cc1. The molecule has 8 nitrogen and oxygen atoms in total. The zero-order chi connectivity index (χ0) is 23.7. The Morgan fingerprint density at radius 2 is 2.03 bits per heavy atom. The van der Waals surface area contributed by atoms with Crippen molar-refractivity contribution < 1.29 is 4.79 Å². The Labute approximate surface area is 202 Å². The van der Waals surface area contributed by atoms with Gasteiger partial charge in [0.25, 0.3) is 0 Å². The number of benzene rings is 1. The van der Waals surface area contributed by atoms with Crippen molar-refractivity contribution in [2.75, 3.05) is 30.4 Å². The van der Waals surface area contributed by atoms with Gasteiger partial charge in [-0.25, -0.2) is 15.0 Å². The molecule has 9 heteroatoms. The van der Waals surface area contributed by atoms with E-state index >= 15 is 0 Å². The van der Waals surface area contributed by atoms with Gasteiger partial charge in [0.15, 0.2) is 5.13 Å². The molecule has 1 aromatic carbocycles. The minimum Gasteiger partial charge on any atom is -0.341 e. The second kappa shape index (κ2) is 9.36. The van der Waals surface area contributed by atoms with Crippen LogP contribution >= 0.6 is 11.3 Å². The van der Waals surface area contributed by atoms with Crippen LogP contribution < -0.4 is 16.0 Å². The van der Waals surface area contributed by atoms with Crippen LogP contribution in [0.15, 0.2) is 54.7 Å². The van der Waals surface area contributed by atoms with Crippen molar-refractivity contribution in [3.63, 3.8) is 0 Å². The Balaban J connectivity index is 1.30. The van der Waals surface area contributed by atoms with E-state index in [0.717, 1.165) is 40.4 Å². The summed E-state index contributed by atoms with van der Waals surface area (Å²) in [5.41, 5.74) is 9.96. The van der Waals surface area contributed by atoms with Crippen LogP contribution in [0, 0.1) is 6.92 Å². The number of carbonyl (C=O) groups excluding carboxylic acids is 1. The number of nitrogens with zero attached hydrogens (tertiary/aromatic N) is 5. The van der Waals surface area contributed by atoms with Gasteiger partial charge in [-0.2, -0.15) is 0 Å². The Morgan fingerprint density at radius 3 is 2.79 bits per heavy atom. The lowest BCUT2D eigenvalue weighted by atomic mass is 10.2. The zero-order valence-electron chi connectivity index (χ0n) is 19.2. The van der Waals surface area contributed by atoms with E-state index in [4.69, 9.17) is 10.7 Å². The second-order valence-corrected chi connectivity index (χ2v) is 9.62. The highest BCUT2D eigenvalue weighted by molar-refractivity contribution is 7.21. The standard InChI is InChI=1S/C25H27N7OS/c1-16-3-5-19(6-4-16)31(2)22-8-7-20-24(30-22)34-25(28-20)29-21-13-17(9-11-27-21)14-23(33)32-12-10-18(26)15-32/h3-9,11,13,18H,10,12,14-15,26H2,1-2H3,(H,27,28,29)/t18-/m1/s1. The molecule has 1 saturated heterocycles. The summed E-state index contributed by atoms with van der Waals surface area (Å²) in [5.74, 6) is 1.60. The molecule has 0 unspecified atom stereocenters. The molecule has 1 fully saturated rings. The van der Waals surface area contributed by atoms with E-state index in [-0.39, 0.29) is 11.9 Å². The quantitative estimate of drug-likeness (QED) is 0.436. The molecule has 0 radical (unpaired) electrons. The summed E-state index contributed by atoms with van der Waals surface area (Å²) in [4.78, 5) is 31.1. The third kappa shape index (κ3) is 4.85. The molecule has 3 aromatic heterocycles. The number of thiazole rings is 1. The Morgan fingerprint density at radius 1 is 1.21 bits per heavy atom. The van der Waals surface area contributed by atoms with Crippen LogP contribution in [0.3, 0.4) is 0 Å². The van der Waals surface area contributed by atoms with Crippen LogP contribution in [-0.4, -0.2) is 51.9 Å². The largest absolute Gasteiger partial charge is 0.341 e. The number of likely N-dealkylation sites (tertiary alicyclic amines) is 1. The Kier molecular flexibility index (Phi) is 6.12. The normalized spacial score (nSPS) is 15.6. The van der Waals surface area contributed by atoms with Gasteiger partial charge in [-0.3, -0.25) is 4.79 Å². The average Bonchev–Trinajstić information content (AvgIpc) is 3.44. The highest BCUT2D eigenvalue weighted by Gasteiger charge is 2.23. The van der Waals surface area contributed by atoms with Crippen LogP contribution in [0.5, 0.6) is 0 Å².